The van der Waals surface area contributed by atoms with Crippen LogP contribution in [0.3, 0.4) is 0 Å². The number of rotatable bonds is 6. The fourth-order valence-corrected chi connectivity index (χ4v) is 3.69. The van der Waals surface area contributed by atoms with Crippen molar-refractivity contribution in [3.05, 3.63) is 78.3 Å². The molecule has 10 heteroatoms. The lowest BCUT2D eigenvalue weighted by Crippen LogP contribution is -2.11. The van der Waals surface area contributed by atoms with Gasteiger partial charge in [0.25, 0.3) is 0 Å². The molecule has 0 saturated heterocycles. The molecule has 1 N–H and O–H groups in total. The van der Waals surface area contributed by atoms with Crippen LogP contribution < -0.4 is 5.32 Å². The summed E-state index contributed by atoms with van der Waals surface area (Å²) in [6.45, 7) is 7.96. The van der Waals surface area contributed by atoms with E-state index in [2.05, 4.69) is 32.1 Å². The Labute approximate surface area is 188 Å². The van der Waals surface area contributed by atoms with Crippen LogP contribution in [-0.4, -0.2) is 29.5 Å². The zero-order valence-corrected chi connectivity index (χ0v) is 18.4. The van der Waals surface area contributed by atoms with Crippen molar-refractivity contribution < 1.29 is 13.2 Å². The monoisotopic (exact) mass is 453 g/mol. The first-order valence-electron chi connectivity index (χ1n) is 10.1. The summed E-state index contributed by atoms with van der Waals surface area (Å²) in [5.74, 6) is 0.622. The van der Waals surface area contributed by atoms with Crippen molar-refractivity contribution in [1.82, 2.24) is 29.5 Å². The summed E-state index contributed by atoms with van der Waals surface area (Å²) in [6.07, 6.45) is 0.124. The Morgan fingerprint density at radius 2 is 1.85 bits per heavy atom. The third kappa shape index (κ3) is 4.64. The molecule has 0 spiro atoms. The van der Waals surface area contributed by atoms with Gasteiger partial charge in [0, 0.05) is 48.2 Å². The Kier molecular flexibility index (Phi) is 5.75. The van der Waals surface area contributed by atoms with E-state index in [0.717, 1.165) is 29.2 Å². The predicted molar refractivity (Wildman–Crippen MR) is 119 cm³/mol. The molecular formula is C23H22F3N7. The molecule has 0 aliphatic carbocycles. The van der Waals surface area contributed by atoms with Crippen LogP contribution >= 0.6 is 0 Å². The van der Waals surface area contributed by atoms with Crippen LogP contribution in [-0.2, 0) is 19.8 Å². The van der Waals surface area contributed by atoms with Crippen molar-refractivity contribution >= 4 is 5.82 Å². The molecule has 0 atom stereocenters. The molecule has 0 amide bonds. The smallest absolute Gasteiger partial charge is 0.343 e. The molecule has 0 saturated carbocycles. The van der Waals surface area contributed by atoms with Gasteiger partial charge in [-0.25, -0.2) is 4.98 Å². The van der Waals surface area contributed by atoms with Gasteiger partial charge in [-0.15, -0.1) is 0 Å². The summed E-state index contributed by atoms with van der Waals surface area (Å²) >= 11 is 0. The third-order valence-corrected chi connectivity index (χ3v) is 5.25. The van der Waals surface area contributed by atoms with Crippen LogP contribution in [0.4, 0.5) is 19.0 Å². The number of alkyl halides is 3. The van der Waals surface area contributed by atoms with E-state index in [1.807, 2.05) is 32.2 Å². The molecule has 4 rings (SSSR count). The summed E-state index contributed by atoms with van der Waals surface area (Å²) in [7, 11) is 1.86. The summed E-state index contributed by atoms with van der Waals surface area (Å²) in [5.41, 5.74) is 4.01. The number of anilines is 1. The van der Waals surface area contributed by atoms with Crippen LogP contribution in [0.15, 0.2) is 61.2 Å². The second kappa shape index (κ2) is 8.53. The average molecular weight is 453 g/mol. The van der Waals surface area contributed by atoms with Crippen molar-refractivity contribution in [2.24, 2.45) is 7.05 Å². The minimum Gasteiger partial charge on any atom is -0.343 e. The molecule has 0 radical (unpaired) electrons. The highest BCUT2D eigenvalue weighted by Crippen LogP contribution is 2.33. The number of nitrogens with one attached hydrogen (secondary N) is 1. The standard InChI is InChI=1S/C23H22F3N7/c1-14(30-21-6-5-18(12-28-21)19-8-10-29-32(19)4)13-33-16(3)22(15(2)31-33)17-7-9-27-20(11-17)23(24,25)26/h5-12H,1,13H2,2-4H3,(H,28,30). The number of halogens is 3. The molecule has 0 fully saturated rings. The Bertz CT molecular complexity index is 1300. The number of hydrogen-bond acceptors (Lipinski definition) is 5. The van der Waals surface area contributed by atoms with Gasteiger partial charge in [0.15, 0.2) is 0 Å². The molecule has 170 valence electrons. The molecule has 0 aliphatic rings. The summed E-state index contributed by atoms with van der Waals surface area (Å²) in [5, 5.41) is 11.8. The highest BCUT2D eigenvalue weighted by Gasteiger charge is 2.33. The molecule has 0 aliphatic heterocycles. The number of nitrogens with zero attached hydrogens (tertiary/aromatic N) is 6. The van der Waals surface area contributed by atoms with Crippen LogP contribution in [0.5, 0.6) is 0 Å². The van der Waals surface area contributed by atoms with E-state index in [1.54, 1.807) is 34.7 Å². The second-order valence-electron chi connectivity index (χ2n) is 7.63. The van der Waals surface area contributed by atoms with Crippen molar-refractivity contribution in [3.63, 3.8) is 0 Å². The Balaban J connectivity index is 1.50. The third-order valence-electron chi connectivity index (χ3n) is 5.25. The average Bonchev–Trinajstić information content (AvgIpc) is 3.30. The largest absolute Gasteiger partial charge is 0.433 e. The lowest BCUT2D eigenvalue weighted by molar-refractivity contribution is -0.141. The molecule has 0 bridgehead atoms. The number of allylic oxidation sites excluding steroid dienone is 1. The van der Waals surface area contributed by atoms with Crippen molar-refractivity contribution in [2.75, 3.05) is 5.32 Å². The van der Waals surface area contributed by atoms with Crippen molar-refractivity contribution in [2.45, 2.75) is 26.6 Å². The molecule has 33 heavy (non-hydrogen) atoms. The Hall–Kier alpha value is -3.95. The number of aryl methyl sites for hydroxylation is 2. The van der Waals surface area contributed by atoms with Gasteiger partial charge in [-0.05, 0) is 49.7 Å². The second-order valence-corrected chi connectivity index (χ2v) is 7.63. The number of aromatic nitrogens is 6. The fourth-order valence-electron chi connectivity index (χ4n) is 3.69. The quantitative estimate of drug-likeness (QED) is 0.445. The first-order valence-corrected chi connectivity index (χ1v) is 10.1. The van der Waals surface area contributed by atoms with Crippen molar-refractivity contribution in [3.8, 4) is 22.4 Å². The van der Waals surface area contributed by atoms with E-state index >= 15 is 0 Å². The van der Waals surface area contributed by atoms with Gasteiger partial charge < -0.3 is 5.32 Å². The fraction of sp³-hybridized carbons (Fsp3) is 0.217. The maximum atomic E-state index is 13.1. The van der Waals surface area contributed by atoms with Gasteiger partial charge in [-0.2, -0.15) is 23.4 Å². The van der Waals surface area contributed by atoms with E-state index in [0.29, 0.717) is 34.9 Å². The Morgan fingerprint density at radius 3 is 2.48 bits per heavy atom. The SMILES string of the molecule is C=C(Cn1nc(C)c(-c2ccnc(C(F)(F)F)c2)c1C)Nc1ccc(-c2ccnn2C)cn1. The Morgan fingerprint density at radius 1 is 1.06 bits per heavy atom. The summed E-state index contributed by atoms with van der Waals surface area (Å²) in [4.78, 5) is 7.86. The van der Waals surface area contributed by atoms with Crippen molar-refractivity contribution in [1.29, 1.82) is 0 Å². The number of pyridine rings is 2. The van der Waals surface area contributed by atoms with E-state index in [9.17, 15) is 13.2 Å². The molecule has 0 unspecified atom stereocenters. The lowest BCUT2D eigenvalue weighted by Gasteiger charge is -2.12. The van der Waals surface area contributed by atoms with E-state index < -0.39 is 11.9 Å². The van der Waals surface area contributed by atoms with Gasteiger partial charge in [0.2, 0.25) is 0 Å². The van der Waals surface area contributed by atoms with E-state index in [4.69, 9.17) is 0 Å². The molecule has 7 nitrogen and oxygen atoms in total. The maximum absolute atomic E-state index is 13.1. The van der Waals surface area contributed by atoms with Crippen LogP contribution in [0.2, 0.25) is 0 Å². The molecular weight excluding hydrogens is 431 g/mol. The van der Waals surface area contributed by atoms with E-state index in [-0.39, 0.29) is 0 Å². The van der Waals surface area contributed by atoms with Crippen LogP contribution in [0.25, 0.3) is 22.4 Å². The normalized spacial score (nSPS) is 11.6. The highest BCUT2D eigenvalue weighted by molar-refractivity contribution is 5.68. The first-order chi connectivity index (χ1) is 15.6. The summed E-state index contributed by atoms with van der Waals surface area (Å²) < 4.78 is 42.7. The highest BCUT2D eigenvalue weighted by atomic mass is 19.4. The van der Waals surface area contributed by atoms with Gasteiger partial charge in [0.05, 0.1) is 17.9 Å². The van der Waals surface area contributed by atoms with Gasteiger partial charge in [0.1, 0.15) is 11.5 Å². The molecule has 0 aromatic carbocycles. The molecule has 4 aromatic heterocycles. The van der Waals surface area contributed by atoms with Crippen LogP contribution in [0, 0.1) is 13.8 Å². The van der Waals surface area contributed by atoms with Crippen LogP contribution in [0.1, 0.15) is 17.1 Å². The minimum absolute atomic E-state index is 0.328. The maximum Gasteiger partial charge on any atom is 0.433 e. The first kappa shape index (κ1) is 22.3. The minimum atomic E-state index is -4.51. The van der Waals surface area contributed by atoms with Gasteiger partial charge in [-0.1, -0.05) is 6.58 Å². The number of hydrogen-bond donors (Lipinski definition) is 1. The molecule has 4 heterocycles. The van der Waals surface area contributed by atoms with Gasteiger partial charge in [-0.3, -0.25) is 14.3 Å². The zero-order chi connectivity index (χ0) is 23.8. The van der Waals surface area contributed by atoms with E-state index in [1.165, 1.54) is 0 Å². The lowest BCUT2D eigenvalue weighted by atomic mass is 10.0. The molecule has 4 aromatic rings. The summed E-state index contributed by atoms with van der Waals surface area (Å²) in [6, 6.07) is 8.28. The van der Waals surface area contributed by atoms with Gasteiger partial charge >= 0.3 is 6.18 Å². The topological polar surface area (TPSA) is 73.5 Å². The zero-order valence-electron chi connectivity index (χ0n) is 18.4. The predicted octanol–water partition coefficient (Wildman–Crippen LogP) is 5.00.